The molecule has 1 unspecified atom stereocenters. The Bertz CT molecular complexity index is 403. The molecule has 0 spiro atoms. The highest BCUT2D eigenvalue weighted by molar-refractivity contribution is 5.82. The largest absolute Gasteiger partial charge is 0.348 e. The van der Waals surface area contributed by atoms with Crippen molar-refractivity contribution in [1.82, 2.24) is 5.32 Å². The van der Waals surface area contributed by atoms with Crippen molar-refractivity contribution in [2.75, 3.05) is 0 Å². The summed E-state index contributed by atoms with van der Waals surface area (Å²) in [6.45, 7) is 2.04. The first kappa shape index (κ1) is 12.1. The van der Waals surface area contributed by atoms with E-state index in [2.05, 4.69) is 17.4 Å². The molecule has 0 saturated heterocycles. The third kappa shape index (κ3) is 2.67. The number of hydrogen-bond donors (Lipinski definition) is 2. The first-order valence-corrected chi connectivity index (χ1v) is 6.36. The number of amides is 1. The molecule has 1 amide bonds. The van der Waals surface area contributed by atoms with Crippen LogP contribution in [0.25, 0.3) is 0 Å². The molecule has 1 aromatic rings. The van der Waals surface area contributed by atoms with E-state index in [1.54, 1.807) is 0 Å². The van der Waals surface area contributed by atoms with Crippen molar-refractivity contribution in [3.8, 4) is 0 Å². The number of nitrogens with two attached hydrogens (primary N) is 1. The van der Waals surface area contributed by atoms with Gasteiger partial charge in [-0.2, -0.15) is 0 Å². The Hall–Kier alpha value is -1.35. The molecule has 0 saturated carbocycles. The smallest absolute Gasteiger partial charge is 0.237 e. The lowest BCUT2D eigenvalue weighted by molar-refractivity contribution is -0.123. The first-order valence-electron chi connectivity index (χ1n) is 6.36. The molecule has 1 aliphatic carbocycles. The van der Waals surface area contributed by atoms with Gasteiger partial charge in [0.2, 0.25) is 5.91 Å². The van der Waals surface area contributed by atoms with Gasteiger partial charge in [-0.25, -0.2) is 0 Å². The van der Waals surface area contributed by atoms with E-state index in [1.807, 2.05) is 19.1 Å². The second-order valence-electron chi connectivity index (χ2n) is 4.69. The van der Waals surface area contributed by atoms with Crippen LogP contribution >= 0.6 is 0 Å². The minimum Gasteiger partial charge on any atom is -0.348 e. The van der Waals surface area contributed by atoms with E-state index in [4.69, 9.17) is 5.73 Å². The molecular weight excluding hydrogens is 212 g/mol. The zero-order chi connectivity index (χ0) is 12.3. The minimum atomic E-state index is -0.368. The fraction of sp³-hybridized carbons (Fsp3) is 0.500. The molecule has 3 N–H and O–H groups in total. The average molecular weight is 232 g/mol. The number of carbonyl (C=O) groups excluding carboxylic acids is 1. The molecular formula is C14H20N2O. The molecule has 3 heteroatoms. The van der Waals surface area contributed by atoms with Crippen molar-refractivity contribution in [2.24, 2.45) is 5.73 Å². The molecule has 3 nitrogen and oxygen atoms in total. The van der Waals surface area contributed by atoms with E-state index >= 15 is 0 Å². The molecule has 1 aromatic carbocycles. The van der Waals surface area contributed by atoms with Gasteiger partial charge in [0.1, 0.15) is 0 Å². The number of benzene rings is 1. The monoisotopic (exact) mass is 232 g/mol. The van der Waals surface area contributed by atoms with Crippen LogP contribution in [-0.4, -0.2) is 11.9 Å². The SMILES string of the molecule is CCC[C@@H](N)C(=O)NC1CCc2ccccc21. The molecule has 0 radical (unpaired) electrons. The number of carbonyl (C=O) groups is 1. The topological polar surface area (TPSA) is 55.1 Å². The van der Waals surface area contributed by atoms with Crippen molar-refractivity contribution in [2.45, 2.75) is 44.7 Å². The fourth-order valence-corrected chi connectivity index (χ4v) is 2.43. The quantitative estimate of drug-likeness (QED) is 0.833. The van der Waals surface area contributed by atoms with Crippen LogP contribution in [0.3, 0.4) is 0 Å². The van der Waals surface area contributed by atoms with Gasteiger partial charge in [0, 0.05) is 0 Å². The van der Waals surface area contributed by atoms with Gasteiger partial charge in [0.15, 0.2) is 0 Å². The van der Waals surface area contributed by atoms with E-state index < -0.39 is 0 Å². The Labute approximate surface area is 102 Å². The Morgan fingerprint density at radius 1 is 1.53 bits per heavy atom. The van der Waals surface area contributed by atoms with Crippen LogP contribution in [0, 0.1) is 0 Å². The lowest BCUT2D eigenvalue weighted by atomic mass is 10.1. The molecule has 0 aliphatic heterocycles. The summed E-state index contributed by atoms with van der Waals surface area (Å²) in [6, 6.07) is 8.09. The highest BCUT2D eigenvalue weighted by Crippen LogP contribution is 2.30. The summed E-state index contributed by atoms with van der Waals surface area (Å²) in [6.07, 6.45) is 3.73. The summed E-state index contributed by atoms with van der Waals surface area (Å²) in [5.41, 5.74) is 8.42. The number of nitrogens with one attached hydrogen (secondary N) is 1. The van der Waals surface area contributed by atoms with Crippen LogP contribution < -0.4 is 11.1 Å². The molecule has 0 fully saturated rings. The molecule has 92 valence electrons. The third-order valence-corrected chi connectivity index (χ3v) is 3.39. The number of aryl methyl sites for hydroxylation is 1. The van der Waals surface area contributed by atoms with E-state index in [0.29, 0.717) is 0 Å². The van der Waals surface area contributed by atoms with Crippen LogP contribution in [0.1, 0.15) is 43.4 Å². The predicted molar refractivity (Wildman–Crippen MR) is 68.5 cm³/mol. The van der Waals surface area contributed by atoms with Crippen molar-refractivity contribution < 1.29 is 4.79 Å². The summed E-state index contributed by atoms with van der Waals surface area (Å²) >= 11 is 0. The van der Waals surface area contributed by atoms with Crippen LogP contribution in [0.15, 0.2) is 24.3 Å². The number of hydrogen-bond acceptors (Lipinski definition) is 2. The standard InChI is InChI=1S/C14H20N2O/c1-2-5-12(15)14(17)16-13-9-8-10-6-3-4-7-11(10)13/h3-4,6-7,12-13H,2,5,8-9,15H2,1H3,(H,16,17)/t12-,13?/m1/s1. The van der Waals surface area contributed by atoms with Crippen molar-refractivity contribution in [1.29, 1.82) is 0 Å². The van der Waals surface area contributed by atoms with Crippen molar-refractivity contribution >= 4 is 5.91 Å². The van der Waals surface area contributed by atoms with E-state index in [9.17, 15) is 4.79 Å². The van der Waals surface area contributed by atoms with Crippen molar-refractivity contribution in [3.63, 3.8) is 0 Å². The van der Waals surface area contributed by atoms with Gasteiger partial charge in [-0.3, -0.25) is 4.79 Å². The third-order valence-electron chi connectivity index (χ3n) is 3.39. The molecule has 17 heavy (non-hydrogen) atoms. The zero-order valence-corrected chi connectivity index (χ0v) is 10.3. The van der Waals surface area contributed by atoms with Crippen LogP contribution in [0.4, 0.5) is 0 Å². The summed E-state index contributed by atoms with van der Waals surface area (Å²) in [7, 11) is 0. The summed E-state index contributed by atoms with van der Waals surface area (Å²) < 4.78 is 0. The van der Waals surface area contributed by atoms with E-state index in [-0.39, 0.29) is 18.0 Å². The fourth-order valence-electron chi connectivity index (χ4n) is 2.43. The second-order valence-corrected chi connectivity index (χ2v) is 4.69. The normalized spacial score (nSPS) is 19.8. The highest BCUT2D eigenvalue weighted by Gasteiger charge is 2.24. The first-order chi connectivity index (χ1) is 8.22. The average Bonchev–Trinajstić information content (AvgIpc) is 2.73. The lowest BCUT2D eigenvalue weighted by Gasteiger charge is -2.17. The minimum absolute atomic E-state index is 0.0199. The molecule has 2 rings (SSSR count). The van der Waals surface area contributed by atoms with Gasteiger partial charge >= 0.3 is 0 Å². The van der Waals surface area contributed by atoms with Gasteiger partial charge in [-0.15, -0.1) is 0 Å². The molecule has 1 aliphatic rings. The van der Waals surface area contributed by atoms with E-state index in [0.717, 1.165) is 25.7 Å². The maximum absolute atomic E-state index is 11.9. The van der Waals surface area contributed by atoms with Gasteiger partial charge in [0.05, 0.1) is 12.1 Å². The van der Waals surface area contributed by atoms with E-state index in [1.165, 1.54) is 11.1 Å². The Balaban J connectivity index is 2.00. The number of fused-ring (bicyclic) bond motifs is 1. The van der Waals surface area contributed by atoms with Crippen LogP contribution in [0.2, 0.25) is 0 Å². The highest BCUT2D eigenvalue weighted by atomic mass is 16.2. The number of rotatable bonds is 4. The molecule has 2 atom stereocenters. The molecule has 0 bridgehead atoms. The second kappa shape index (κ2) is 5.32. The Kier molecular flexibility index (Phi) is 3.79. The summed E-state index contributed by atoms with van der Waals surface area (Å²) in [5.74, 6) is -0.0199. The van der Waals surface area contributed by atoms with Crippen molar-refractivity contribution in [3.05, 3.63) is 35.4 Å². The summed E-state index contributed by atoms with van der Waals surface area (Å²) in [4.78, 5) is 11.9. The van der Waals surface area contributed by atoms with Crippen LogP contribution in [0.5, 0.6) is 0 Å². The van der Waals surface area contributed by atoms with Gasteiger partial charge in [-0.1, -0.05) is 37.6 Å². The molecule has 0 heterocycles. The maximum Gasteiger partial charge on any atom is 0.237 e. The maximum atomic E-state index is 11.9. The summed E-state index contributed by atoms with van der Waals surface area (Å²) in [5, 5.41) is 3.06. The van der Waals surface area contributed by atoms with Gasteiger partial charge in [-0.05, 0) is 30.4 Å². The van der Waals surface area contributed by atoms with Crippen LogP contribution in [-0.2, 0) is 11.2 Å². The predicted octanol–water partition coefficient (Wildman–Crippen LogP) is 1.92. The Morgan fingerprint density at radius 3 is 3.06 bits per heavy atom. The lowest BCUT2D eigenvalue weighted by Crippen LogP contribution is -2.41. The van der Waals surface area contributed by atoms with Gasteiger partial charge < -0.3 is 11.1 Å². The van der Waals surface area contributed by atoms with Gasteiger partial charge in [0.25, 0.3) is 0 Å². The Morgan fingerprint density at radius 2 is 2.29 bits per heavy atom. The zero-order valence-electron chi connectivity index (χ0n) is 10.3. The molecule has 0 aromatic heterocycles.